The van der Waals surface area contributed by atoms with Crippen LogP contribution < -0.4 is 10.0 Å². The van der Waals surface area contributed by atoms with E-state index >= 15 is 0 Å². The van der Waals surface area contributed by atoms with Gasteiger partial charge in [0.2, 0.25) is 5.91 Å². The minimum atomic E-state index is -3.78. The molecular formula is C22H19N3O5S. The van der Waals surface area contributed by atoms with Gasteiger partial charge in [0.15, 0.2) is 0 Å². The molecule has 0 aliphatic carbocycles. The lowest BCUT2D eigenvalue weighted by molar-refractivity contribution is -0.385. The molecular weight excluding hydrogens is 418 g/mol. The van der Waals surface area contributed by atoms with Crippen LogP contribution in [0.2, 0.25) is 0 Å². The number of aryl methyl sites for hydroxylation is 1. The first-order valence-corrected chi connectivity index (χ1v) is 10.7. The monoisotopic (exact) mass is 437 g/mol. The third kappa shape index (κ3) is 5.55. The number of amides is 1. The van der Waals surface area contributed by atoms with Crippen molar-refractivity contribution in [3.05, 3.63) is 100 Å². The summed E-state index contributed by atoms with van der Waals surface area (Å²) < 4.78 is 27.7. The molecule has 0 spiro atoms. The Kier molecular flexibility index (Phi) is 6.46. The van der Waals surface area contributed by atoms with Gasteiger partial charge in [0.05, 0.1) is 21.1 Å². The molecule has 3 rings (SSSR count). The summed E-state index contributed by atoms with van der Waals surface area (Å²) in [7, 11) is -3.78. The maximum absolute atomic E-state index is 12.6. The number of hydrogen-bond acceptors (Lipinski definition) is 5. The third-order valence-electron chi connectivity index (χ3n) is 4.35. The highest BCUT2D eigenvalue weighted by molar-refractivity contribution is 7.92. The number of rotatable bonds is 7. The van der Waals surface area contributed by atoms with Gasteiger partial charge in [-0.25, -0.2) is 8.42 Å². The van der Waals surface area contributed by atoms with Crippen molar-refractivity contribution >= 4 is 39.1 Å². The normalized spacial score (nSPS) is 11.3. The Labute approximate surface area is 179 Å². The molecule has 0 aliphatic heterocycles. The van der Waals surface area contributed by atoms with E-state index in [2.05, 4.69) is 10.0 Å². The average molecular weight is 437 g/mol. The zero-order valence-electron chi connectivity index (χ0n) is 16.5. The van der Waals surface area contributed by atoms with E-state index < -0.39 is 20.9 Å². The van der Waals surface area contributed by atoms with Crippen LogP contribution >= 0.6 is 0 Å². The Bertz CT molecular complexity index is 1260. The quantitative estimate of drug-likeness (QED) is 0.323. The average Bonchev–Trinajstić information content (AvgIpc) is 2.75. The molecule has 31 heavy (non-hydrogen) atoms. The summed E-state index contributed by atoms with van der Waals surface area (Å²) in [6.45, 7) is 1.74. The van der Waals surface area contributed by atoms with Crippen LogP contribution in [0.1, 0.15) is 11.1 Å². The molecule has 0 saturated carbocycles. The van der Waals surface area contributed by atoms with E-state index in [9.17, 15) is 23.3 Å². The van der Waals surface area contributed by atoms with E-state index in [4.69, 9.17) is 0 Å². The maximum atomic E-state index is 12.6. The van der Waals surface area contributed by atoms with Gasteiger partial charge in [0, 0.05) is 17.8 Å². The minimum absolute atomic E-state index is 0.112. The molecule has 0 unspecified atom stereocenters. The van der Waals surface area contributed by atoms with Crippen molar-refractivity contribution in [3.63, 3.8) is 0 Å². The predicted molar refractivity (Wildman–Crippen MR) is 119 cm³/mol. The number of carbonyl (C=O) groups is 1. The molecule has 0 aliphatic rings. The van der Waals surface area contributed by atoms with Crippen LogP contribution in [0, 0.1) is 17.0 Å². The maximum Gasteiger partial charge on any atom is 0.276 e. The predicted octanol–water partition coefficient (Wildman–Crippen LogP) is 4.36. The van der Waals surface area contributed by atoms with Crippen LogP contribution in [0.4, 0.5) is 17.1 Å². The van der Waals surface area contributed by atoms with Crippen molar-refractivity contribution in [1.82, 2.24) is 0 Å². The highest BCUT2D eigenvalue weighted by Crippen LogP contribution is 2.24. The zero-order valence-corrected chi connectivity index (χ0v) is 17.3. The lowest BCUT2D eigenvalue weighted by atomic mass is 10.1. The van der Waals surface area contributed by atoms with Gasteiger partial charge in [-0.1, -0.05) is 36.4 Å². The molecule has 0 saturated heterocycles. The molecule has 1 amide bonds. The second kappa shape index (κ2) is 9.23. The molecule has 8 nitrogen and oxygen atoms in total. The van der Waals surface area contributed by atoms with Crippen molar-refractivity contribution < 1.29 is 18.1 Å². The molecule has 0 aromatic heterocycles. The Morgan fingerprint density at radius 1 is 1.00 bits per heavy atom. The van der Waals surface area contributed by atoms with Crippen molar-refractivity contribution in [2.45, 2.75) is 11.8 Å². The Balaban J connectivity index is 1.76. The van der Waals surface area contributed by atoms with E-state index in [1.54, 1.807) is 49.4 Å². The van der Waals surface area contributed by atoms with Crippen molar-refractivity contribution in [2.75, 3.05) is 10.0 Å². The number of nitro benzene ring substituents is 1. The fourth-order valence-electron chi connectivity index (χ4n) is 2.76. The topological polar surface area (TPSA) is 118 Å². The van der Waals surface area contributed by atoms with E-state index in [-0.39, 0.29) is 10.6 Å². The van der Waals surface area contributed by atoms with Gasteiger partial charge in [-0.05, 0) is 48.9 Å². The Morgan fingerprint density at radius 3 is 2.39 bits per heavy atom. The molecule has 158 valence electrons. The Hall–Kier alpha value is -3.98. The highest BCUT2D eigenvalue weighted by Gasteiger charge is 2.15. The summed E-state index contributed by atoms with van der Waals surface area (Å²) in [6.07, 6.45) is 2.52. The van der Waals surface area contributed by atoms with Crippen LogP contribution in [0.15, 0.2) is 83.8 Å². The summed E-state index contributed by atoms with van der Waals surface area (Å²) in [4.78, 5) is 22.9. The number of carbonyl (C=O) groups excluding carboxylic acids is 1. The fraction of sp³-hybridized carbons (Fsp3) is 0.0455. The van der Waals surface area contributed by atoms with Crippen LogP contribution in [0.5, 0.6) is 0 Å². The lowest BCUT2D eigenvalue weighted by Gasteiger charge is -2.12. The van der Waals surface area contributed by atoms with Crippen LogP contribution in [-0.4, -0.2) is 19.2 Å². The van der Waals surface area contributed by atoms with Crippen LogP contribution in [-0.2, 0) is 14.8 Å². The first-order valence-electron chi connectivity index (χ1n) is 9.17. The van der Waals surface area contributed by atoms with E-state index in [1.165, 1.54) is 42.5 Å². The zero-order chi connectivity index (χ0) is 22.4. The number of hydrogen-bond donors (Lipinski definition) is 2. The summed E-state index contributed by atoms with van der Waals surface area (Å²) in [6, 6.07) is 18.8. The summed E-state index contributed by atoms with van der Waals surface area (Å²) >= 11 is 0. The van der Waals surface area contributed by atoms with Crippen molar-refractivity contribution in [3.8, 4) is 0 Å². The van der Waals surface area contributed by atoms with Gasteiger partial charge in [-0.2, -0.15) is 0 Å². The SMILES string of the molecule is Cc1ccc(NC(=O)/C=C/c2ccccc2[N+](=O)[O-])cc1NS(=O)(=O)c1ccccc1. The fourth-order valence-corrected chi connectivity index (χ4v) is 3.90. The number of sulfonamides is 1. The molecule has 2 N–H and O–H groups in total. The molecule has 3 aromatic carbocycles. The summed E-state index contributed by atoms with van der Waals surface area (Å²) in [5.74, 6) is -0.515. The van der Waals surface area contributed by atoms with Gasteiger partial charge in [0.1, 0.15) is 0 Å². The number of para-hydroxylation sites is 1. The van der Waals surface area contributed by atoms with Crippen molar-refractivity contribution in [1.29, 1.82) is 0 Å². The molecule has 0 atom stereocenters. The molecule has 0 radical (unpaired) electrons. The van der Waals surface area contributed by atoms with Crippen LogP contribution in [0.3, 0.4) is 0 Å². The number of nitrogens with zero attached hydrogens (tertiary/aromatic N) is 1. The summed E-state index contributed by atoms with van der Waals surface area (Å²) in [5, 5.41) is 13.7. The second-order valence-electron chi connectivity index (χ2n) is 6.59. The number of nitro groups is 1. The molecule has 9 heteroatoms. The second-order valence-corrected chi connectivity index (χ2v) is 8.27. The number of benzene rings is 3. The van der Waals surface area contributed by atoms with E-state index in [1.807, 2.05) is 0 Å². The van der Waals surface area contributed by atoms with Gasteiger partial charge in [0.25, 0.3) is 15.7 Å². The minimum Gasteiger partial charge on any atom is -0.322 e. The summed E-state index contributed by atoms with van der Waals surface area (Å²) in [5.41, 5.74) is 1.55. The first kappa shape index (κ1) is 21.7. The highest BCUT2D eigenvalue weighted by atomic mass is 32.2. The number of anilines is 2. The van der Waals surface area contributed by atoms with Gasteiger partial charge in [-0.3, -0.25) is 19.6 Å². The lowest BCUT2D eigenvalue weighted by Crippen LogP contribution is -2.14. The molecule has 0 bridgehead atoms. The largest absolute Gasteiger partial charge is 0.322 e. The molecule has 3 aromatic rings. The first-order chi connectivity index (χ1) is 14.8. The Morgan fingerprint density at radius 2 is 1.68 bits per heavy atom. The van der Waals surface area contributed by atoms with Gasteiger partial charge in [-0.15, -0.1) is 0 Å². The molecule has 0 fully saturated rings. The number of nitrogens with one attached hydrogen (secondary N) is 2. The van der Waals surface area contributed by atoms with Gasteiger partial charge < -0.3 is 5.32 Å². The molecule has 0 heterocycles. The third-order valence-corrected chi connectivity index (χ3v) is 5.73. The van der Waals surface area contributed by atoms with E-state index in [0.717, 1.165) is 0 Å². The van der Waals surface area contributed by atoms with Crippen LogP contribution in [0.25, 0.3) is 6.08 Å². The standard InChI is InChI=1S/C22H19N3O5S/c1-16-11-13-18(15-20(16)24-31(29,30)19-8-3-2-4-9-19)23-22(26)14-12-17-7-5-6-10-21(17)25(27)28/h2-15,24H,1H3,(H,23,26)/b14-12+. The van der Waals surface area contributed by atoms with Gasteiger partial charge >= 0.3 is 0 Å². The smallest absolute Gasteiger partial charge is 0.276 e. The van der Waals surface area contributed by atoms with Crippen molar-refractivity contribution in [2.24, 2.45) is 0 Å². The van der Waals surface area contributed by atoms with E-state index in [0.29, 0.717) is 22.5 Å².